The van der Waals surface area contributed by atoms with Gasteiger partial charge in [0.25, 0.3) is 0 Å². The van der Waals surface area contributed by atoms with Crippen molar-refractivity contribution in [1.82, 2.24) is 5.32 Å². The lowest BCUT2D eigenvalue weighted by Gasteiger charge is -2.29. The van der Waals surface area contributed by atoms with Crippen molar-refractivity contribution in [2.45, 2.75) is 50.7 Å². The summed E-state index contributed by atoms with van der Waals surface area (Å²) in [4.78, 5) is 11.9. The molecule has 1 aliphatic carbocycles. The van der Waals surface area contributed by atoms with Crippen LogP contribution in [0.4, 0.5) is 0 Å². The van der Waals surface area contributed by atoms with Crippen molar-refractivity contribution in [3.05, 3.63) is 0 Å². The first kappa shape index (κ1) is 17.7. The molecule has 0 aromatic heterocycles. The molecule has 1 saturated carbocycles. The van der Waals surface area contributed by atoms with Gasteiger partial charge in [-0.1, -0.05) is 0 Å². The summed E-state index contributed by atoms with van der Waals surface area (Å²) < 4.78 is 11.0. The van der Waals surface area contributed by atoms with Crippen LogP contribution < -0.4 is 11.1 Å². The summed E-state index contributed by atoms with van der Waals surface area (Å²) in [6, 6.07) is 0. The van der Waals surface area contributed by atoms with Crippen molar-refractivity contribution in [2.24, 2.45) is 11.7 Å². The van der Waals surface area contributed by atoms with Crippen LogP contribution >= 0.6 is 12.4 Å². The minimum absolute atomic E-state index is 0. The van der Waals surface area contributed by atoms with Gasteiger partial charge in [-0.2, -0.15) is 0 Å². The van der Waals surface area contributed by atoms with Crippen molar-refractivity contribution in [2.75, 3.05) is 26.4 Å². The molecule has 2 fully saturated rings. The predicted molar refractivity (Wildman–Crippen MR) is 80.0 cm³/mol. The van der Waals surface area contributed by atoms with E-state index < -0.39 is 0 Å². The molecule has 1 saturated heterocycles. The van der Waals surface area contributed by atoms with Crippen LogP contribution in [0.3, 0.4) is 0 Å². The summed E-state index contributed by atoms with van der Waals surface area (Å²) in [5.74, 6) is 0.602. The summed E-state index contributed by atoms with van der Waals surface area (Å²) >= 11 is 0. The third kappa shape index (κ3) is 5.20. The van der Waals surface area contributed by atoms with Gasteiger partial charge in [0.1, 0.15) is 0 Å². The van der Waals surface area contributed by atoms with Gasteiger partial charge in [-0.25, -0.2) is 0 Å². The maximum Gasteiger partial charge on any atom is 0.222 e. The van der Waals surface area contributed by atoms with Crippen molar-refractivity contribution in [3.63, 3.8) is 0 Å². The molecule has 1 heterocycles. The molecule has 5 nitrogen and oxygen atoms in total. The van der Waals surface area contributed by atoms with E-state index in [9.17, 15) is 4.79 Å². The summed E-state index contributed by atoms with van der Waals surface area (Å²) in [5.41, 5.74) is 5.56. The molecule has 0 spiro atoms. The van der Waals surface area contributed by atoms with E-state index in [1.165, 1.54) is 12.8 Å². The van der Waals surface area contributed by atoms with Gasteiger partial charge in [0.2, 0.25) is 5.91 Å². The van der Waals surface area contributed by atoms with Crippen LogP contribution in [-0.4, -0.2) is 43.9 Å². The van der Waals surface area contributed by atoms with E-state index in [1.54, 1.807) is 0 Å². The summed E-state index contributed by atoms with van der Waals surface area (Å²) in [7, 11) is 0. The van der Waals surface area contributed by atoms with Gasteiger partial charge in [-0.05, 0) is 38.5 Å². The highest BCUT2D eigenvalue weighted by Crippen LogP contribution is 2.38. The number of hydrogen-bond acceptors (Lipinski definition) is 4. The molecule has 0 aromatic rings. The Kier molecular flexibility index (Phi) is 7.23. The second kappa shape index (κ2) is 8.17. The van der Waals surface area contributed by atoms with Crippen LogP contribution in [0.15, 0.2) is 0 Å². The zero-order chi connectivity index (χ0) is 13.7. The number of rotatable bonds is 7. The van der Waals surface area contributed by atoms with Crippen LogP contribution in [-0.2, 0) is 14.3 Å². The Balaban J connectivity index is 0.00000200. The molecule has 2 rings (SSSR count). The molecule has 0 radical (unpaired) electrons. The molecule has 0 bridgehead atoms. The van der Waals surface area contributed by atoms with Gasteiger partial charge in [0.05, 0.1) is 18.2 Å². The SMILES string of the molecule is CC(CN)(NC(=O)CCOC1CCOCC1)C1CC1.Cl. The van der Waals surface area contributed by atoms with Crippen molar-refractivity contribution in [1.29, 1.82) is 0 Å². The van der Waals surface area contributed by atoms with Gasteiger partial charge in [-0.15, -0.1) is 12.4 Å². The first-order valence-corrected chi connectivity index (χ1v) is 7.34. The number of carbonyl (C=O) groups excluding carboxylic acids is 1. The number of carbonyl (C=O) groups is 1. The van der Waals surface area contributed by atoms with Gasteiger partial charge >= 0.3 is 0 Å². The normalized spacial score (nSPS) is 22.7. The molecule has 3 N–H and O–H groups in total. The molecule has 20 heavy (non-hydrogen) atoms. The van der Waals surface area contributed by atoms with E-state index in [2.05, 4.69) is 5.32 Å². The van der Waals surface area contributed by atoms with Gasteiger partial charge < -0.3 is 20.5 Å². The topological polar surface area (TPSA) is 73.6 Å². The highest BCUT2D eigenvalue weighted by Gasteiger charge is 2.41. The van der Waals surface area contributed by atoms with Crippen LogP contribution in [0, 0.1) is 5.92 Å². The smallest absolute Gasteiger partial charge is 0.222 e. The molecule has 6 heteroatoms. The Labute approximate surface area is 127 Å². The first-order chi connectivity index (χ1) is 9.14. The van der Waals surface area contributed by atoms with Gasteiger partial charge in [-0.3, -0.25) is 4.79 Å². The zero-order valence-electron chi connectivity index (χ0n) is 12.2. The number of nitrogens with two attached hydrogens (primary N) is 1. The standard InChI is InChI=1S/C14H26N2O3.ClH/c1-14(10-15,11-2-3-11)16-13(17)6-9-19-12-4-7-18-8-5-12;/h11-12H,2-10,15H2,1H3,(H,16,17);1H. The molecule has 1 aliphatic heterocycles. The molecule has 1 unspecified atom stereocenters. The van der Waals surface area contributed by atoms with Crippen molar-refractivity contribution in [3.8, 4) is 0 Å². The maximum atomic E-state index is 11.9. The third-order valence-electron chi connectivity index (χ3n) is 4.18. The van der Waals surface area contributed by atoms with Gasteiger partial charge in [0.15, 0.2) is 0 Å². The fourth-order valence-corrected chi connectivity index (χ4v) is 2.58. The second-order valence-corrected chi connectivity index (χ2v) is 5.88. The van der Waals surface area contributed by atoms with E-state index in [1.807, 2.05) is 6.92 Å². The average Bonchev–Trinajstić information content (AvgIpc) is 3.24. The monoisotopic (exact) mass is 306 g/mol. The molecule has 1 amide bonds. The maximum absolute atomic E-state index is 11.9. The highest BCUT2D eigenvalue weighted by atomic mass is 35.5. The Hall–Kier alpha value is -0.360. The number of nitrogens with one attached hydrogen (secondary N) is 1. The minimum atomic E-state index is -0.226. The number of ether oxygens (including phenoxy) is 2. The average molecular weight is 307 g/mol. The Morgan fingerprint density at radius 2 is 2.00 bits per heavy atom. The third-order valence-corrected chi connectivity index (χ3v) is 4.18. The van der Waals surface area contributed by atoms with Crippen molar-refractivity contribution < 1.29 is 14.3 Å². The number of amides is 1. The Morgan fingerprint density at radius 1 is 1.35 bits per heavy atom. The quantitative estimate of drug-likeness (QED) is 0.742. The molecule has 1 atom stereocenters. The number of hydrogen-bond donors (Lipinski definition) is 2. The number of halogens is 1. The zero-order valence-corrected chi connectivity index (χ0v) is 13.0. The van der Waals surface area contributed by atoms with E-state index in [0.29, 0.717) is 25.5 Å². The van der Waals surface area contributed by atoms with E-state index in [-0.39, 0.29) is 30.0 Å². The fraction of sp³-hybridized carbons (Fsp3) is 0.929. The summed E-state index contributed by atoms with van der Waals surface area (Å²) in [6.07, 6.45) is 4.89. The van der Waals surface area contributed by atoms with Crippen molar-refractivity contribution >= 4 is 18.3 Å². The molecular formula is C14H27ClN2O3. The molecule has 118 valence electrons. The van der Waals surface area contributed by atoms with Crippen LogP contribution in [0.25, 0.3) is 0 Å². The van der Waals surface area contributed by atoms with Crippen LogP contribution in [0.2, 0.25) is 0 Å². The summed E-state index contributed by atoms with van der Waals surface area (Å²) in [5, 5.41) is 3.07. The van der Waals surface area contributed by atoms with E-state index >= 15 is 0 Å². The fourth-order valence-electron chi connectivity index (χ4n) is 2.58. The predicted octanol–water partition coefficient (Wildman–Crippen LogP) is 1.24. The van der Waals surface area contributed by atoms with E-state index in [4.69, 9.17) is 15.2 Å². The first-order valence-electron chi connectivity index (χ1n) is 7.34. The summed E-state index contributed by atoms with van der Waals surface area (Å²) in [6.45, 7) is 4.57. The largest absolute Gasteiger partial charge is 0.381 e. The molecule has 0 aromatic carbocycles. The van der Waals surface area contributed by atoms with E-state index in [0.717, 1.165) is 26.1 Å². The Morgan fingerprint density at radius 3 is 2.55 bits per heavy atom. The van der Waals surface area contributed by atoms with Crippen LogP contribution in [0.1, 0.15) is 39.0 Å². The Bertz CT molecular complexity index is 307. The second-order valence-electron chi connectivity index (χ2n) is 5.88. The van der Waals surface area contributed by atoms with Crippen LogP contribution in [0.5, 0.6) is 0 Å². The lowest BCUT2D eigenvalue weighted by Crippen LogP contribution is -2.53. The highest BCUT2D eigenvalue weighted by molar-refractivity contribution is 5.85. The molecule has 2 aliphatic rings. The molecular weight excluding hydrogens is 280 g/mol. The lowest BCUT2D eigenvalue weighted by atomic mass is 9.96. The van der Waals surface area contributed by atoms with Gasteiger partial charge in [0, 0.05) is 26.2 Å². The lowest BCUT2D eigenvalue weighted by molar-refractivity contribution is -0.125. The minimum Gasteiger partial charge on any atom is -0.381 e.